The van der Waals surface area contributed by atoms with Gasteiger partial charge in [0.1, 0.15) is 5.82 Å². The smallest absolute Gasteiger partial charge is 0.317 e. The minimum Gasteiger partial charge on any atom is -0.357 e. The topological polar surface area (TPSA) is 48.5 Å². The molecular formula is C21H34N4O. The first kappa shape index (κ1) is 19.0. The molecule has 2 heterocycles. The fraction of sp³-hybridized carbons (Fsp3) is 0.714. The Hall–Kier alpha value is -1.78. The number of aromatic nitrogens is 1. The van der Waals surface area contributed by atoms with Gasteiger partial charge in [-0.1, -0.05) is 25.3 Å². The fourth-order valence-electron chi connectivity index (χ4n) is 4.59. The SMILES string of the molecule is CCN(CC)c1ccc(CNC(=O)N2CCC[C@H]2C2CCCCC2)cn1. The van der Waals surface area contributed by atoms with Crippen LogP contribution in [-0.2, 0) is 6.54 Å². The van der Waals surface area contributed by atoms with Crippen molar-refractivity contribution >= 4 is 11.8 Å². The van der Waals surface area contributed by atoms with Crippen molar-refractivity contribution in [2.45, 2.75) is 71.4 Å². The maximum absolute atomic E-state index is 12.7. The average molecular weight is 359 g/mol. The molecule has 1 atom stereocenters. The van der Waals surface area contributed by atoms with Crippen molar-refractivity contribution in [3.05, 3.63) is 23.9 Å². The second-order valence-electron chi connectivity index (χ2n) is 7.66. The largest absolute Gasteiger partial charge is 0.357 e. The second-order valence-corrected chi connectivity index (χ2v) is 7.66. The van der Waals surface area contributed by atoms with Crippen molar-refractivity contribution in [1.82, 2.24) is 15.2 Å². The van der Waals surface area contributed by atoms with Crippen molar-refractivity contribution in [2.75, 3.05) is 24.5 Å². The Balaban J connectivity index is 1.53. The maximum atomic E-state index is 12.7. The number of nitrogens with one attached hydrogen (secondary N) is 1. The predicted molar refractivity (Wildman–Crippen MR) is 106 cm³/mol. The van der Waals surface area contributed by atoms with Crippen LogP contribution in [-0.4, -0.2) is 41.6 Å². The van der Waals surface area contributed by atoms with Crippen LogP contribution < -0.4 is 10.2 Å². The highest BCUT2D eigenvalue weighted by atomic mass is 16.2. The summed E-state index contributed by atoms with van der Waals surface area (Å²) in [5.41, 5.74) is 1.06. The highest BCUT2D eigenvalue weighted by Gasteiger charge is 2.34. The van der Waals surface area contributed by atoms with Crippen LogP contribution in [0.25, 0.3) is 0 Å². The number of anilines is 1. The molecule has 2 aliphatic rings. The predicted octanol–water partition coefficient (Wildman–Crippen LogP) is 4.18. The average Bonchev–Trinajstić information content (AvgIpc) is 3.19. The van der Waals surface area contributed by atoms with Crippen LogP contribution in [0, 0.1) is 5.92 Å². The van der Waals surface area contributed by atoms with Crippen molar-refractivity contribution < 1.29 is 4.79 Å². The number of likely N-dealkylation sites (tertiary alicyclic amines) is 1. The van der Waals surface area contributed by atoms with E-state index in [-0.39, 0.29) is 6.03 Å². The van der Waals surface area contributed by atoms with Gasteiger partial charge >= 0.3 is 6.03 Å². The lowest BCUT2D eigenvalue weighted by Gasteiger charge is -2.34. The molecule has 5 nitrogen and oxygen atoms in total. The van der Waals surface area contributed by atoms with Gasteiger partial charge < -0.3 is 15.1 Å². The summed E-state index contributed by atoms with van der Waals surface area (Å²) in [6.07, 6.45) is 10.8. The van der Waals surface area contributed by atoms with Gasteiger partial charge in [0.05, 0.1) is 0 Å². The zero-order valence-electron chi connectivity index (χ0n) is 16.4. The van der Waals surface area contributed by atoms with Crippen LogP contribution in [0.2, 0.25) is 0 Å². The van der Waals surface area contributed by atoms with E-state index in [4.69, 9.17) is 0 Å². The first-order valence-electron chi connectivity index (χ1n) is 10.5. The molecule has 1 aliphatic carbocycles. The molecule has 1 aromatic heterocycles. The van der Waals surface area contributed by atoms with Gasteiger partial charge in [-0.3, -0.25) is 0 Å². The van der Waals surface area contributed by atoms with Crippen LogP contribution in [0.3, 0.4) is 0 Å². The summed E-state index contributed by atoms with van der Waals surface area (Å²) in [6.45, 7) is 7.65. The van der Waals surface area contributed by atoms with Crippen molar-refractivity contribution in [1.29, 1.82) is 0 Å². The molecule has 0 bridgehead atoms. The first-order chi connectivity index (χ1) is 12.7. The molecule has 3 rings (SSSR count). The lowest BCUT2D eigenvalue weighted by atomic mass is 9.83. The Kier molecular flexibility index (Phi) is 6.75. The molecule has 0 aromatic carbocycles. The fourth-order valence-corrected chi connectivity index (χ4v) is 4.59. The number of carbonyl (C=O) groups is 1. The maximum Gasteiger partial charge on any atom is 0.317 e. The van der Waals surface area contributed by atoms with E-state index in [0.29, 0.717) is 18.5 Å². The van der Waals surface area contributed by atoms with Crippen LogP contribution in [0.5, 0.6) is 0 Å². The molecule has 1 saturated heterocycles. The lowest BCUT2D eigenvalue weighted by molar-refractivity contribution is 0.156. The zero-order valence-corrected chi connectivity index (χ0v) is 16.4. The van der Waals surface area contributed by atoms with Gasteiger partial charge in [0.2, 0.25) is 0 Å². The van der Waals surface area contributed by atoms with E-state index in [1.165, 1.54) is 38.5 Å². The van der Waals surface area contributed by atoms with E-state index in [0.717, 1.165) is 37.4 Å². The Morgan fingerprint density at radius 2 is 1.92 bits per heavy atom. The number of hydrogen-bond donors (Lipinski definition) is 1. The summed E-state index contributed by atoms with van der Waals surface area (Å²) in [7, 11) is 0. The van der Waals surface area contributed by atoms with E-state index >= 15 is 0 Å². The van der Waals surface area contributed by atoms with E-state index in [2.05, 4.69) is 46.1 Å². The number of pyridine rings is 1. The third-order valence-electron chi connectivity index (χ3n) is 6.09. The Morgan fingerprint density at radius 3 is 2.58 bits per heavy atom. The quantitative estimate of drug-likeness (QED) is 0.830. The molecule has 1 saturated carbocycles. The van der Waals surface area contributed by atoms with E-state index < -0.39 is 0 Å². The minimum absolute atomic E-state index is 0.103. The van der Waals surface area contributed by atoms with Gasteiger partial charge in [-0.2, -0.15) is 0 Å². The molecule has 1 aromatic rings. The molecule has 2 amide bonds. The Bertz CT molecular complexity index is 564. The van der Waals surface area contributed by atoms with Gasteiger partial charge in [0.25, 0.3) is 0 Å². The number of amides is 2. The van der Waals surface area contributed by atoms with E-state index in [1.54, 1.807) is 0 Å². The molecule has 0 radical (unpaired) electrons. The second kappa shape index (κ2) is 9.24. The van der Waals surface area contributed by atoms with E-state index in [1.807, 2.05) is 6.20 Å². The molecule has 1 N–H and O–H groups in total. The zero-order chi connectivity index (χ0) is 18.4. The van der Waals surface area contributed by atoms with Gasteiger partial charge in [-0.05, 0) is 57.1 Å². The summed E-state index contributed by atoms with van der Waals surface area (Å²) in [6, 6.07) is 4.68. The molecule has 1 aliphatic heterocycles. The Labute approximate surface area is 158 Å². The van der Waals surface area contributed by atoms with Gasteiger partial charge in [-0.25, -0.2) is 9.78 Å². The van der Waals surface area contributed by atoms with Crippen LogP contribution in [0.1, 0.15) is 64.4 Å². The van der Waals surface area contributed by atoms with Crippen molar-refractivity contribution in [3.63, 3.8) is 0 Å². The Morgan fingerprint density at radius 1 is 1.15 bits per heavy atom. The summed E-state index contributed by atoms with van der Waals surface area (Å²) in [4.78, 5) is 21.6. The molecule has 2 fully saturated rings. The molecule has 0 spiro atoms. The number of urea groups is 1. The normalized spacial score (nSPS) is 21.0. The molecule has 5 heteroatoms. The van der Waals surface area contributed by atoms with Crippen LogP contribution in [0.4, 0.5) is 10.6 Å². The summed E-state index contributed by atoms with van der Waals surface area (Å²) >= 11 is 0. The van der Waals surface area contributed by atoms with Gasteiger partial charge in [-0.15, -0.1) is 0 Å². The van der Waals surface area contributed by atoms with Crippen molar-refractivity contribution in [3.8, 4) is 0 Å². The summed E-state index contributed by atoms with van der Waals surface area (Å²) in [5, 5.41) is 3.12. The van der Waals surface area contributed by atoms with Crippen molar-refractivity contribution in [2.24, 2.45) is 5.92 Å². The number of hydrogen-bond acceptors (Lipinski definition) is 3. The third kappa shape index (κ3) is 4.49. The monoisotopic (exact) mass is 358 g/mol. The summed E-state index contributed by atoms with van der Waals surface area (Å²) in [5.74, 6) is 1.72. The third-order valence-corrected chi connectivity index (χ3v) is 6.09. The molecular weight excluding hydrogens is 324 g/mol. The van der Waals surface area contributed by atoms with Gasteiger partial charge in [0, 0.05) is 38.4 Å². The molecule has 144 valence electrons. The van der Waals surface area contributed by atoms with Crippen LogP contribution in [0.15, 0.2) is 18.3 Å². The highest BCUT2D eigenvalue weighted by Crippen LogP contribution is 2.34. The minimum atomic E-state index is 0.103. The summed E-state index contributed by atoms with van der Waals surface area (Å²) < 4.78 is 0. The lowest BCUT2D eigenvalue weighted by Crippen LogP contribution is -2.45. The number of rotatable bonds is 6. The first-order valence-corrected chi connectivity index (χ1v) is 10.5. The number of nitrogens with zero attached hydrogens (tertiary/aromatic N) is 3. The number of carbonyl (C=O) groups excluding carboxylic acids is 1. The molecule has 0 unspecified atom stereocenters. The van der Waals surface area contributed by atoms with Gasteiger partial charge in [0.15, 0.2) is 0 Å². The molecule has 26 heavy (non-hydrogen) atoms. The van der Waals surface area contributed by atoms with Crippen LogP contribution >= 0.6 is 0 Å². The standard InChI is InChI=1S/C21H34N4O/c1-3-24(4-2)20-13-12-17(15-22-20)16-23-21(26)25-14-8-11-19(25)18-9-6-5-7-10-18/h12-13,15,18-19H,3-11,14,16H2,1-2H3,(H,23,26)/t19-/m0/s1. The van der Waals surface area contributed by atoms with E-state index in [9.17, 15) is 4.79 Å². The highest BCUT2D eigenvalue weighted by molar-refractivity contribution is 5.74.